The number of rotatable bonds is 0. The number of hydrogen-bond donors (Lipinski definition) is 1. The molecule has 60 valence electrons. The van der Waals surface area contributed by atoms with Gasteiger partial charge in [0.25, 0.3) is 0 Å². The molecule has 0 aromatic carbocycles. The molecule has 0 aliphatic carbocycles. The maximum atomic E-state index is 11.2. The van der Waals surface area contributed by atoms with Gasteiger partial charge in [-0.25, -0.2) is 0 Å². The zero-order valence-electron chi connectivity index (χ0n) is 6.25. The van der Waals surface area contributed by atoms with E-state index in [9.17, 15) is 9.59 Å². The van der Waals surface area contributed by atoms with Gasteiger partial charge in [-0.2, -0.15) is 0 Å². The van der Waals surface area contributed by atoms with Gasteiger partial charge in [-0.3, -0.25) is 9.59 Å². The molecule has 3 nitrogen and oxygen atoms in total. The molecule has 0 radical (unpaired) electrons. The van der Waals surface area contributed by atoms with Crippen LogP contribution in [0, 0.1) is 0 Å². The van der Waals surface area contributed by atoms with Crippen molar-refractivity contribution < 1.29 is 14.7 Å². The molecule has 1 N–H and O–H groups in total. The fourth-order valence-electron chi connectivity index (χ4n) is 0.861. The molecule has 0 atom stereocenters. The number of carbonyl (C=O) groups excluding carboxylic acids is 2. The maximum absolute atomic E-state index is 11.2. The van der Waals surface area contributed by atoms with Crippen molar-refractivity contribution in [3.8, 4) is 0 Å². The van der Waals surface area contributed by atoms with Gasteiger partial charge in [0.15, 0.2) is 5.78 Å². The molecular formula is C7H8O3S. The van der Waals surface area contributed by atoms with Crippen LogP contribution in [0.25, 0.3) is 0 Å². The second kappa shape index (κ2) is 2.37. The standard InChI is InChI=1S/C7H8O3S/c1-7(2)5(9)4(3-8)6(10)11-7/h3,8H,1-2H3/b4-3+. The van der Waals surface area contributed by atoms with Gasteiger partial charge < -0.3 is 5.11 Å². The molecule has 1 fully saturated rings. The van der Waals surface area contributed by atoms with Crippen LogP contribution in [0.15, 0.2) is 11.8 Å². The third-order valence-corrected chi connectivity index (χ3v) is 2.59. The van der Waals surface area contributed by atoms with Gasteiger partial charge in [0.1, 0.15) is 5.57 Å². The van der Waals surface area contributed by atoms with Gasteiger partial charge in [0.05, 0.1) is 11.0 Å². The number of Topliss-reactive ketones (excluding diaryl/α,β-unsaturated/α-hetero) is 1. The minimum atomic E-state index is -0.703. The molecule has 0 spiro atoms. The average molecular weight is 172 g/mol. The van der Waals surface area contributed by atoms with E-state index in [4.69, 9.17) is 5.11 Å². The Labute approximate surface area is 68.5 Å². The van der Waals surface area contributed by atoms with Crippen LogP contribution in [0.1, 0.15) is 13.8 Å². The quantitative estimate of drug-likeness (QED) is 0.337. The van der Waals surface area contributed by atoms with Crippen molar-refractivity contribution >= 4 is 22.7 Å². The van der Waals surface area contributed by atoms with Crippen molar-refractivity contribution in [1.82, 2.24) is 0 Å². The predicted octanol–water partition coefficient (Wildman–Crippen LogP) is 1.05. The number of thioether (sulfide) groups is 1. The Bertz CT molecular complexity index is 252. The summed E-state index contributed by atoms with van der Waals surface area (Å²) >= 11 is 0.947. The largest absolute Gasteiger partial charge is 0.515 e. The smallest absolute Gasteiger partial charge is 0.227 e. The molecule has 0 amide bonds. The Hall–Kier alpha value is -0.770. The molecular weight excluding hydrogens is 164 g/mol. The lowest BCUT2D eigenvalue weighted by molar-refractivity contribution is -0.118. The normalized spacial score (nSPS) is 26.5. The first-order valence-electron chi connectivity index (χ1n) is 3.11. The maximum Gasteiger partial charge on any atom is 0.227 e. The summed E-state index contributed by atoms with van der Waals surface area (Å²) in [6.45, 7) is 3.32. The van der Waals surface area contributed by atoms with Crippen LogP contribution in [0.2, 0.25) is 0 Å². The molecule has 0 saturated carbocycles. The number of aliphatic hydroxyl groups is 1. The number of hydrogen-bond acceptors (Lipinski definition) is 4. The summed E-state index contributed by atoms with van der Waals surface area (Å²) in [6, 6.07) is 0. The lowest BCUT2D eigenvalue weighted by atomic mass is 10.0. The van der Waals surface area contributed by atoms with Crippen molar-refractivity contribution in [2.75, 3.05) is 0 Å². The number of carbonyl (C=O) groups is 2. The van der Waals surface area contributed by atoms with Gasteiger partial charge in [-0.05, 0) is 13.8 Å². The highest BCUT2D eigenvalue weighted by Crippen LogP contribution is 2.38. The van der Waals surface area contributed by atoms with Crippen LogP contribution in [0.4, 0.5) is 0 Å². The molecule has 1 heterocycles. The third kappa shape index (κ3) is 1.18. The topological polar surface area (TPSA) is 54.4 Å². The van der Waals surface area contributed by atoms with Crippen LogP contribution < -0.4 is 0 Å². The van der Waals surface area contributed by atoms with E-state index in [1.54, 1.807) is 13.8 Å². The van der Waals surface area contributed by atoms with Crippen LogP contribution >= 0.6 is 11.8 Å². The molecule has 1 rings (SSSR count). The first-order valence-corrected chi connectivity index (χ1v) is 3.93. The molecule has 0 bridgehead atoms. The Balaban J connectivity index is 3.08. The van der Waals surface area contributed by atoms with Crippen LogP contribution in [0.3, 0.4) is 0 Å². The Morgan fingerprint density at radius 1 is 1.45 bits per heavy atom. The summed E-state index contributed by atoms with van der Waals surface area (Å²) in [5, 5.41) is 8.18. The van der Waals surface area contributed by atoms with Crippen molar-refractivity contribution in [2.45, 2.75) is 18.6 Å². The lowest BCUT2D eigenvalue weighted by Crippen LogP contribution is -2.22. The van der Waals surface area contributed by atoms with Crippen LogP contribution in [0.5, 0.6) is 0 Å². The Morgan fingerprint density at radius 2 is 2.00 bits per heavy atom. The molecule has 0 unspecified atom stereocenters. The van der Waals surface area contributed by atoms with E-state index < -0.39 is 4.75 Å². The van der Waals surface area contributed by atoms with Crippen molar-refractivity contribution in [3.63, 3.8) is 0 Å². The van der Waals surface area contributed by atoms with E-state index in [-0.39, 0.29) is 16.5 Å². The van der Waals surface area contributed by atoms with E-state index in [1.807, 2.05) is 0 Å². The number of ketones is 1. The van der Waals surface area contributed by atoms with E-state index in [0.717, 1.165) is 11.8 Å². The van der Waals surface area contributed by atoms with Crippen molar-refractivity contribution in [1.29, 1.82) is 0 Å². The second-order valence-corrected chi connectivity index (χ2v) is 4.37. The lowest BCUT2D eigenvalue weighted by Gasteiger charge is -2.09. The molecule has 1 aliphatic rings. The van der Waals surface area contributed by atoms with Gasteiger partial charge >= 0.3 is 0 Å². The summed E-state index contributed by atoms with van der Waals surface area (Å²) in [5.74, 6) is -0.296. The first-order chi connectivity index (χ1) is 4.99. The highest BCUT2D eigenvalue weighted by atomic mass is 32.2. The highest BCUT2D eigenvalue weighted by Gasteiger charge is 2.43. The molecule has 1 saturated heterocycles. The highest BCUT2D eigenvalue weighted by molar-refractivity contribution is 8.16. The monoisotopic (exact) mass is 172 g/mol. The third-order valence-electron chi connectivity index (χ3n) is 1.49. The Morgan fingerprint density at radius 3 is 2.18 bits per heavy atom. The van der Waals surface area contributed by atoms with Gasteiger partial charge in [-0.15, -0.1) is 0 Å². The molecule has 11 heavy (non-hydrogen) atoms. The first kappa shape index (κ1) is 8.33. The van der Waals surface area contributed by atoms with Crippen LogP contribution in [-0.4, -0.2) is 20.8 Å². The summed E-state index contributed by atoms with van der Waals surface area (Å²) < 4.78 is -0.703. The minimum absolute atomic E-state index is 0.0972. The Kier molecular flexibility index (Phi) is 1.80. The molecule has 0 aromatic heterocycles. The van der Waals surface area contributed by atoms with Gasteiger partial charge in [0.2, 0.25) is 5.12 Å². The fraction of sp³-hybridized carbons (Fsp3) is 0.429. The minimum Gasteiger partial charge on any atom is -0.515 e. The molecule has 1 aliphatic heterocycles. The average Bonchev–Trinajstić information content (AvgIpc) is 2.04. The predicted molar refractivity (Wildman–Crippen MR) is 42.4 cm³/mol. The van der Waals surface area contributed by atoms with Crippen molar-refractivity contribution in [3.05, 3.63) is 11.8 Å². The SMILES string of the molecule is CC1(C)SC(=O)/C(=C/O)C1=O. The fourth-order valence-corrected chi connectivity index (χ4v) is 1.78. The molecule has 4 heteroatoms. The summed E-state index contributed by atoms with van der Waals surface area (Å²) in [5.41, 5.74) is -0.0972. The summed E-state index contributed by atoms with van der Waals surface area (Å²) in [7, 11) is 0. The second-order valence-electron chi connectivity index (χ2n) is 2.77. The zero-order chi connectivity index (χ0) is 8.65. The molecule has 0 aromatic rings. The van der Waals surface area contributed by atoms with Gasteiger partial charge in [0, 0.05) is 0 Å². The zero-order valence-corrected chi connectivity index (χ0v) is 7.07. The summed E-state index contributed by atoms with van der Waals surface area (Å²) in [4.78, 5) is 22.1. The van der Waals surface area contributed by atoms with E-state index in [0.29, 0.717) is 6.26 Å². The number of aliphatic hydroxyl groups excluding tert-OH is 1. The van der Waals surface area contributed by atoms with Crippen LogP contribution in [-0.2, 0) is 9.59 Å². The van der Waals surface area contributed by atoms with Crippen molar-refractivity contribution in [2.24, 2.45) is 0 Å². The van der Waals surface area contributed by atoms with E-state index >= 15 is 0 Å². The van der Waals surface area contributed by atoms with E-state index in [2.05, 4.69) is 0 Å². The van der Waals surface area contributed by atoms with E-state index in [1.165, 1.54) is 0 Å². The summed E-state index contributed by atoms with van der Waals surface area (Å²) in [6.07, 6.45) is 0.590. The van der Waals surface area contributed by atoms with Gasteiger partial charge in [-0.1, -0.05) is 11.8 Å².